The first-order valence-electron chi connectivity index (χ1n) is 2.99. The van der Waals surface area contributed by atoms with E-state index in [4.69, 9.17) is 5.26 Å². The number of aromatic nitrogens is 1. The maximum Gasteiger partial charge on any atom is 0.218 e. The molecule has 2 nitrogen and oxygen atoms in total. The molecule has 5 heteroatoms. The number of halogens is 3. The van der Waals surface area contributed by atoms with E-state index < -0.39 is 10.8 Å². The van der Waals surface area contributed by atoms with Gasteiger partial charge in [0.2, 0.25) is 5.95 Å². The van der Waals surface area contributed by atoms with Crippen molar-refractivity contribution in [2.24, 2.45) is 0 Å². The zero-order valence-corrected chi connectivity index (χ0v) is 8.93. The minimum absolute atomic E-state index is 0.242. The molecule has 0 spiro atoms. The van der Waals surface area contributed by atoms with Crippen molar-refractivity contribution in [3.63, 3.8) is 0 Å². The quantitative estimate of drug-likeness (QED) is 0.590. The lowest BCUT2D eigenvalue weighted by Gasteiger charge is -2.01. The van der Waals surface area contributed by atoms with Gasteiger partial charge in [-0.1, -0.05) is 15.9 Å². The summed E-state index contributed by atoms with van der Waals surface area (Å²) in [5, 5.41) is 8.50. The lowest BCUT2D eigenvalue weighted by atomic mass is 10.2. The van der Waals surface area contributed by atoms with Crippen LogP contribution in [0.5, 0.6) is 0 Å². The predicted molar refractivity (Wildman–Crippen MR) is 49.2 cm³/mol. The van der Waals surface area contributed by atoms with Crippen molar-refractivity contribution in [1.82, 2.24) is 4.98 Å². The molecule has 1 aromatic rings. The van der Waals surface area contributed by atoms with Crippen LogP contribution < -0.4 is 0 Å². The third-order valence-corrected chi connectivity index (χ3v) is 2.35. The second kappa shape index (κ2) is 3.97. The monoisotopic (exact) mass is 292 g/mol. The molecule has 1 atom stereocenters. The molecular formula is C7H3Br2FN2. The third kappa shape index (κ3) is 2.02. The van der Waals surface area contributed by atoms with Crippen LogP contribution in [-0.2, 0) is 0 Å². The van der Waals surface area contributed by atoms with Gasteiger partial charge in [0, 0.05) is 16.2 Å². The van der Waals surface area contributed by atoms with Gasteiger partial charge in [0.05, 0.1) is 6.07 Å². The number of alkyl halides is 1. The van der Waals surface area contributed by atoms with E-state index >= 15 is 0 Å². The van der Waals surface area contributed by atoms with Gasteiger partial charge in [0.15, 0.2) is 0 Å². The van der Waals surface area contributed by atoms with Crippen LogP contribution in [0.4, 0.5) is 4.39 Å². The summed E-state index contributed by atoms with van der Waals surface area (Å²) in [6.45, 7) is 0. The van der Waals surface area contributed by atoms with Crippen molar-refractivity contribution < 1.29 is 4.39 Å². The zero-order chi connectivity index (χ0) is 9.14. The summed E-state index contributed by atoms with van der Waals surface area (Å²) in [5.41, 5.74) is 0.242. The van der Waals surface area contributed by atoms with Crippen LogP contribution in [0.1, 0.15) is 10.4 Å². The highest BCUT2D eigenvalue weighted by Crippen LogP contribution is 2.25. The van der Waals surface area contributed by atoms with Gasteiger partial charge in [-0.25, -0.2) is 4.98 Å². The van der Waals surface area contributed by atoms with Crippen molar-refractivity contribution in [1.29, 1.82) is 5.26 Å². The Morgan fingerprint density at radius 2 is 2.33 bits per heavy atom. The molecule has 1 rings (SSSR count). The SMILES string of the molecule is N#CC(Br)c1cc(Br)cnc1F. The van der Waals surface area contributed by atoms with Gasteiger partial charge in [-0.15, -0.1) is 0 Å². The Morgan fingerprint density at radius 3 is 2.92 bits per heavy atom. The molecule has 62 valence electrons. The number of nitriles is 1. The second-order valence-corrected chi connectivity index (χ2v) is 3.86. The molecule has 0 N–H and O–H groups in total. The van der Waals surface area contributed by atoms with E-state index in [9.17, 15) is 4.39 Å². The molecule has 1 unspecified atom stereocenters. The van der Waals surface area contributed by atoms with E-state index in [1.54, 1.807) is 0 Å². The number of pyridine rings is 1. The molecule has 1 aromatic heterocycles. The number of nitrogens with zero attached hydrogens (tertiary/aromatic N) is 2. The first-order chi connectivity index (χ1) is 5.65. The fourth-order valence-corrected chi connectivity index (χ4v) is 1.36. The van der Waals surface area contributed by atoms with Gasteiger partial charge in [-0.3, -0.25) is 0 Å². The Morgan fingerprint density at radius 1 is 1.67 bits per heavy atom. The summed E-state index contributed by atoms with van der Waals surface area (Å²) in [6.07, 6.45) is 1.34. The summed E-state index contributed by atoms with van der Waals surface area (Å²) in [7, 11) is 0. The molecule has 0 aliphatic heterocycles. The summed E-state index contributed by atoms with van der Waals surface area (Å²) in [4.78, 5) is 2.80. The molecule has 0 bridgehead atoms. The van der Waals surface area contributed by atoms with Gasteiger partial charge in [0.25, 0.3) is 0 Å². The van der Waals surface area contributed by atoms with Crippen LogP contribution in [0.2, 0.25) is 0 Å². The van der Waals surface area contributed by atoms with Crippen molar-refractivity contribution in [3.8, 4) is 6.07 Å². The molecule has 0 aliphatic carbocycles. The molecule has 0 aliphatic rings. The van der Waals surface area contributed by atoms with Gasteiger partial charge >= 0.3 is 0 Å². The summed E-state index contributed by atoms with van der Waals surface area (Å²) in [5.74, 6) is -0.623. The summed E-state index contributed by atoms with van der Waals surface area (Å²) >= 11 is 6.14. The van der Waals surface area contributed by atoms with Crippen molar-refractivity contribution in [2.75, 3.05) is 0 Å². The summed E-state index contributed by atoms with van der Waals surface area (Å²) < 4.78 is 13.5. The lowest BCUT2D eigenvalue weighted by Crippen LogP contribution is -1.94. The summed E-state index contributed by atoms with van der Waals surface area (Å²) in [6, 6.07) is 3.38. The van der Waals surface area contributed by atoms with Crippen molar-refractivity contribution in [3.05, 3.63) is 28.2 Å². The molecule has 0 amide bonds. The molecule has 1 heterocycles. The van der Waals surface area contributed by atoms with Gasteiger partial charge in [-0.2, -0.15) is 9.65 Å². The average molecular weight is 294 g/mol. The van der Waals surface area contributed by atoms with E-state index in [0.29, 0.717) is 4.47 Å². The molecule has 0 radical (unpaired) electrons. The maximum absolute atomic E-state index is 12.9. The fraction of sp³-hybridized carbons (Fsp3) is 0.143. The number of hydrogen-bond donors (Lipinski definition) is 0. The van der Waals surface area contributed by atoms with Crippen LogP contribution in [0.25, 0.3) is 0 Å². The van der Waals surface area contributed by atoms with E-state index in [0.717, 1.165) is 0 Å². The first-order valence-corrected chi connectivity index (χ1v) is 4.70. The first kappa shape index (κ1) is 9.62. The normalized spacial score (nSPS) is 12.2. The Hall–Kier alpha value is -0.470. The van der Waals surface area contributed by atoms with Crippen LogP contribution >= 0.6 is 31.9 Å². The standard InChI is InChI=1S/C7H3Br2FN2/c8-4-1-5(6(9)2-11)7(10)12-3-4/h1,3,6H. The van der Waals surface area contributed by atoms with E-state index in [1.807, 2.05) is 6.07 Å². The van der Waals surface area contributed by atoms with Crippen LogP contribution in [-0.4, -0.2) is 4.98 Å². The molecule has 0 saturated heterocycles. The molecule has 12 heavy (non-hydrogen) atoms. The van der Waals surface area contributed by atoms with E-state index in [2.05, 4.69) is 36.8 Å². The fourth-order valence-electron chi connectivity index (χ4n) is 0.686. The highest BCUT2D eigenvalue weighted by Gasteiger charge is 2.12. The number of hydrogen-bond acceptors (Lipinski definition) is 2. The van der Waals surface area contributed by atoms with E-state index in [-0.39, 0.29) is 5.56 Å². The zero-order valence-electron chi connectivity index (χ0n) is 5.76. The Kier molecular flexibility index (Phi) is 3.18. The van der Waals surface area contributed by atoms with Gasteiger partial charge < -0.3 is 0 Å². The van der Waals surface area contributed by atoms with Gasteiger partial charge in [0.1, 0.15) is 4.83 Å². The minimum atomic E-state index is -0.650. The average Bonchev–Trinajstić information content (AvgIpc) is 2.08. The van der Waals surface area contributed by atoms with Crippen LogP contribution in [0.3, 0.4) is 0 Å². The Bertz CT molecular complexity index is 335. The van der Waals surface area contributed by atoms with Crippen molar-refractivity contribution in [2.45, 2.75) is 4.83 Å². The Labute approximate surface area is 85.7 Å². The van der Waals surface area contributed by atoms with Crippen molar-refractivity contribution >= 4 is 31.9 Å². The predicted octanol–water partition coefficient (Wildman–Crippen LogP) is 2.94. The maximum atomic E-state index is 12.9. The molecule has 0 fully saturated rings. The minimum Gasteiger partial charge on any atom is -0.227 e. The smallest absolute Gasteiger partial charge is 0.218 e. The topological polar surface area (TPSA) is 36.7 Å². The van der Waals surface area contributed by atoms with Crippen LogP contribution in [0, 0.1) is 17.3 Å². The Balaban J connectivity index is 3.15. The van der Waals surface area contributed by atoms with Crippen LogP contribution in [0.15, 0.2) is 16.7 Å². The highest BCUT2D eigenvalue weighted by atomic mass is 79.9. The highest BCUT2D eigenvalue weighted by molar-refractivity contribution is 9.10. The lowest BCUT2D eigenvalue weighted by molar-refractivity contribution is 0.570. The molecule has 0 saturated carbocycles. The third-order valence-electron chi connectivity index (χ3n) is 1.22. The van der Waals surface area contributed by atoms with Gasteiger partial charge in [-0.05, 0) is 22.0 Å². The largest absolute Gasteiger partial charge is 0.227 e. The second-order valence-electron chi connectivity index (χ2n) is 2.03. The molecule has 0 aromatic carbocycles. The van der Waals surface area contributed by atoms with E-state index in [1.165, 1.54) is 12.3 Å². The molecular weight excluding hydrogens is 291 g/mol. The number of rotatable bonds is 1.